The van der Waals surface area contributed by atoms with Crippen molar-refractivity contribution < 1.29 is 0 Å². The first kappa shape index (κ1) is 15.5. The minimum absolute atomic E-state index is 0.665. The average Bonchev–Trinajstić information content (AvgIpc) is 2.42. The van der Waals surface area contributed by atoms with Gasteiger partial charge >= 0.3 is 0 Å². The third-order valence-electron chi connectivity index (χ3n) is 4.77. The number of benzene rings is 1. The summed E-state index contributed by atoms with van der Waals surface area (Å²) in [5.74, 6) is 0.703. The van der Waals surface area contributed by atoms with Crippen LogP contribution in [0.15, 0.2) is 12.1 Å². The Balaban J connectivity index is 2.17. The number of nitrogens with zero attached hydrogens (tertiary/aromatic N) is 1. The van der Waals surface area contributed by atoms with Crippen LogP contribution in [0.4, 0.5) is 0 Å². The second-order valence-electron chi connectivity index (χ2n) is 6.66. The van der Waals surface area contributed by atoms with E-state index < -0.39 is 0 Å². The van der Waals surface area contributed by atoms with Crippen LogP contribution >= 0.6 is 0 Å². The number of nitrogens with one attached hydrogen (secondary N) is 1. The molecule has 1 aromatic carbocycles. The molecule has 1 N–H and O–H groups in total. The van der Waals surface area contributed by atoms with Gasteiger partial charge in [0, 0.05) is 32.2 Å². The summed E-state index contributed by atoms with van der Waals surface area (Å²) in [7, 11) is 0. The molecule has 1 saturated heterocycles. The van der Waals surface area contributed by atoms with Crippen molar-refractivity contribution in [3.8, 4) is 0 Å². The highest BCUT2D eigenvalue weighted by atomic mass is 15.2. The summed E-state index contributed by atoms with van der Waals surface area (Å²) in [5, 5.41) is 3.46. The van der Waals surface area contributed by atoms with Crippen LogP contribution in [0.3, 0.4) is 0 Å². The van der Waals surface area contributed by atoms with Crippen LogP contribution in [0.5, 0.6) is 0 Å². The van der Waals surface area contributed by atoms with Crippen LogP contribution in [0.2, 0.25) is 0 Å². The summed E-state index contributed by atoms with van der Waals surface area (Å²) in [6.45, 7) is 16.1. The molecule has 2 rings (SSSR count). The Labute approximate surface area is 124 Å². The molecule has 1 aromatic rings. The number of aryl methyl sites for hydroxylation is 3. The number of hydrogen-bond acceptors (Lipinski definition) is 2. The maximum absolute atomic E-state index is 3.46. The molecule has 1 fully saturated rings. The lowest BCUT2D eigenvalue weighted by molar-refractivity contribution is 0.136. The lowest BCUT2D eigenvalue weighted by atomic mass is 9.90. The van der Waals surface area contributed by atoms with Gasteiger partial charge < -0.3 is 5.32 Å². The van der Waals surface area contributed by atoms with Crippen LogP contribution in [0.25, 0.3) is 0 Å². The highest BCUT2D eigenvalue weighted by Crippen LogP contribution is 2.22. The third kappa shape index (κ3) is 3.62. The van der Waals surface area contributed by atoms with Crippen molar-refractivity contribution in [1.82, 2.24) is 10.2 Å². The largest absolute Gasteiger partial charge is 0.314 e. The van der Waals surface area contributed by atoms with Gasteiger partial charge in [-0.25, -0.2) is 0 Å². The van der Waals surface area contributed by atoms with E-state index in [1.807, 2.05) is 0 Å². The fourth-order valence-electron chi connectivity index (χ4n) is 3.27. The molecule has 0 spiro atoms. The summed E-state index contributed by atoms with van der Waals surface area (Å²) in [4.78, 5) is 2.68. The molecule has 0 radical (unpaired) electrons. The molecule has 0 bridgehead atoms. The second-order valence-corrected chi connectivity index (χ2v) is 6.66. The maximum atomic E-state index is 3.46. The molecule has 1 aliphatic heterocycles. The zero-order chi connectivity index (χ0) is 14.7. The molecular weight excluding hydrogens is 244 g/mol. The van der Waals surface area contributed by atoms with Crippen molar-refractivity contribution in [2.45, 2.75) is 47.1 Å². The smallest absolute Gasteiger partial charge is 0.0160 e. The van der Waals surface area contributed by atoms with E-state index in [1.165, 1.54) is 41.8 Å². The summed E-state index contributed by atoms with van der Waals surface area (Å²) in [5.41, 5.74) is 5.82. The van der Waals surface area contributed by atoms with E-state index in [-0.39, 0.29) is 0 Å². The van der Waals surface area contributed by atoms with Crippen molar-refractivity contribution in [2.75, 3.05) is 26.2 Å². The lowest BCUT2D eigenvalue weighted by Crippen LogP contribution is -2.51. The SMILES string of the molecule is Cc1cc(C)c(CC(C(C)C)N2CCNCC2)cc1C. The minimum Gasteiger partial charge on any atom is -0.314 e. The van der Waals surface area contributed by atoms with Crippen molar-refractivity contribution in [3.05, 3.63) is 34.4 Å². The number of piperazine rings is 1. The molecular formula is C18H30N2. The summed E-state index contributed by atoms with van der Waals surface area (Å²) >= 11 is 0. The van der Waals surface area contributed by atoms with Gasteiger partial charge in [0.25, 0.3) is 0 Å². The molecule has 112 valence electrons. The molecule has 2 nitrogen and oxygen atoms in total. The van der Waals surface area contributed by atoms with Gasteiger partial charge in [0.1, 0.15) is 0 Å². The van der Waals surface area contributed by atoms with Gasteiger partial charge in [0.2, 0.25) is 0 Å². The Kier molecular flexibility index (Phi) is 5.22. The Hall–Kier alpha value is -0.860. The van der Waals surface area contributed by atoms with Crippen molar-refractivity contribution in [2.24, 2.45) is 5.92 Å². The summed E-state index contributed by atoms with van der Waals surface area (Å²) < 4.78 is 0. The molecule has 2 heteroatoms. The predicted octanol–water partition coefficient (Wildman–Crippen LogP) is 3.08. The molecule has 0 saturated carbocycles. The fraction of sp³-hybridized carbons (Fsp3) is 0.667. The van der Waals surface area contributed by atoms with Gasteiger partial charge in [0.05, 0.1) is 0 Å². The van der Waals surface area contributed by atoms with Crippen molar-refractivity contribution in [3.63, 3.8) is 0 Å². The molecule has 20 heavy (non-hydrogen) atoms. The van der Waals surface area contributed by atoms with E-state index in [2.05, 4.69) is 57.0 Å². The zero-order valence-electron chi connectivity index (χ0n) is 13.8. The summed E-state index contributed by atoms with van der Waals surface area (Å²) in [6.07, 6.45) is 1.19. The molecule has 0 amide bonds. The molecule has 1 aliphatic rings. The third-order valence-corrected chi connectivity index (χ3v) is 4.77. The first-order valence-electron chi connectivity index (χ1n) is 8.00. The summed E-state index contributed by atoms with van der Waals surface area (Å²) in [6, 6.07) is 5.42. The molecule has 1 atom stereocenters. The Morgan fingerprint density at radius 1 is 1.00 bits per heavy atom. The van der Waals surface area contributed by atoms with Crippen LogP contribution in [-0.4, -0.2) is 37.1 Å². The van der Waals surface area contributed by atoms with Gasteiger partial charge in [-0.2, -0.15) is 0 Å². The van der Waals surface area contributed by atoms with Crippen molar-refractivity contribution in [1.29, 1.82) is 0 Å². The standard InChI is InChI=1S/C18H30N2/c1-13(2)18(20-8-6-19-7-9-20)12-17-11-15(4)14(3)10-16(17)5/h10-11,13,18-19H,6-9,12H2,1-5H3. The van der Waals surface area contributed by atoms with E-state index in [9.17, 15) is 0 Å². The minimum atomic E-state index is 0.665. The monoisotopic (exact) mass is 274 g/mol. The van der Waals surface area contributed by atoms with Crippen LogP contribution in [0.1, 0.15) is 36.1 Å². The van der Waals surface area contributed by atoms with E-state index in [1.54, 1.807) is 0 Å². The van der Waals surface area contributed by atoms with Crippen LogP contribution in [0, 0.1) is 26.7 Å². The van der Waals surface area contributed by atoms with E-state index in [0.29, 0.717) is 12.0 Å². The first-order chi connectivity index (χ1) is 9.49. The fourth-order valence-corrected chi connectivity index (χ4v) is 3.27. The van der Waals surface area contributed by atoms with E-state index in [0.717, 1.165) is 13.1 Å². The topological polar surface area (TPSA) is 15.3 Å². The van der Waals surface area contributed by atoms with Gasteiger partial charge in [0.15, 0.2) is 0 Å². The highest BCUT2D eigenvalue weighted by Gasteiger charge is 2.24. The zero-order valence-corrected chi connectivity index (χ0v) is 13.8. The van der Waals surface area contributed by atoms with E-state index in [4.69, 9.17) is 0 Å². The van der Waals surface area contributed by atoms with E-state index >= 15 is 0 Å². The number of rotatable bonds is 4. The Bertz CT molecular complexity index is 445. The Morgan fingerprint density at radius 3 is 2.20 bits per heavy atom. The molecule has 0 aromatic heterocycles. The number of hydrogen-bond donors (Lipinski definition) is 1. The quantitative estimate of drug-likeness (QED) is 0.907. The highest BCUT2D eigenvalue weighted by molar-refractivity contribution is 5.37. The Morgan fingerprint density at radius 2 is 1.60 bits per heavy atom. The average molecular weight is 274 g/mol. The first-order valence-corrected chi connectivity index (χ1v) is 8.00. The maximum Gasteiger partial charge on any atom is 0.0160 e. The molecule has 1 unspecified atom stereocenters. The van der Waals surface area contributed by atoms with Gasteiger partial charge in [-0.3, -0.25) is 4.90 Å². The van der Waals surface area contributed by atoms with Gasteiger partial charge in [-0.1, -0.05) is 26.0 Å². The van der Waals surface area contributed by atoms with Gasteiger partial charge in [-0.15, -0.1) is 0 Å². The second kappa shape index (κ2) is 6.73. The van der Waals surface area contributed by atoms with Crippen molar-refractivity contribution >= 4 is 0 Å². The predicted molar refractivity (Wildman–Crippen MR) is 87.4 cm³/mol. The lowest BCUT2D eigenvalue weighted by Gasteiger charge is -2.37. The van der Waals surface area contributed by atoms with Gasteiger partial charge in [-0.05, 0) is 55.4 Å². The normalized spacial score (nSPS) is 18.5. The molecule has 1 heterocycles. The van der Waals surface area contributed by atoms with Crippen LogP contribution in [-0.2, 0) is 6.42 Å². The molecule has 0 aliphatic carbocycles. The van der Waals surface area contributed by atoms with Crippen LogP contribution < -0.4 is 5.32 Å².